The Morgan fingerprint density at radius 1 is 1.32 bits per heavy atom. The summed E-state index contributed by atoms with van der Waals surface area (Å²) in [6, 6.07) is 5.87. The predicted molar refractivity (Wildman–Crippen MR) is 81.8 cm³/mol. The molecule has 0 amide bonds. The molecule has 0 spiro atoms. The molecule has 1 aromatic carbocycles. The van der Waals surface area contributed by atoms with Gasteiger partial charge in [0.05, 0.1) is 5.02 Å². The van der Waals surface area contributed by atoms with Gasteiger partial charge >= 0.3 is 0 Å². The smallest absolute Gasteiger partial charge is 0.138 e. The summed E-state index contributed by atoms with van der Waals surface area (Å²) in [4.78, 5) is 2.18. The van der Waals surface area contributed by atoms with Gasteiger partial charge in [-0.3, -0.25) is 0 Å². The lowest BCUT2D eigenvalue weighted by Gasteiger charge is -2.24. The Kier molecular flexibility index (Phi) is 6.63. The highest BCUT2D eigenvalue weighted by atomic mass is 35.5. The minimum Gasteiger partial charge on any atom is -0.506 e. The van der Waals surface area contributed by atoms with E-state index in [-0.39, 0.29) is 5.75 Å². The van der Waals surface area contributed by atoms with Crippen molar-refractivity contribution in [3.63, 3.8) is 0 Å². The second-order valence-corrected chi connectivity index (χ2v) is 6.12. The first kappa shape index (κ1) is 16.3. The topological polar surface area (TPSA) is 35.5 Å². The Hall–Kier alpha value is -0.770. The highest BCUT2D eigenvalue weighted by molar-refractivity contribution is 6.32. The molecule has 0 aliphatic heterocycles. The van der Waals surface area contributed by atoms with Gasteiger partial charge in [-0.1, -0.05) is 37.6 Å². The molecule has 4 heteroatoms. The largest absolute Gasteiger partial charge is 0.506 e. The molecular weight excluding hydrogens is 260 g/mol. The maximum absolute atomic E-state index is 9.89. The maximum atomic E-state index is 9.89. The van der Waals surface area contributed by atoms with Gasteiger partial charge in [-0.15, -0.1) is 0 Å². The Morgan fingerprint density at radius 3 is 2.58 bits per heavy atom. The summed E-state index contributed by atoms with van der Waals surface area (Å²) in [5.41, 5.74) is 0.847. The van der Waals surface area contributed by atoms with E-state index >= 15 is 0 Å². The molecule has 108 valence electrons. The Bertz CT molecular complexity index is 384. The van der Waals surface area contributed by atoms with E-state index in [0.717, 1.165) is 18.5 Å². The fraction of sp³-hybridized carbons (Fsp3) is 0.600. The Balaban J connectivity index is 2.62. The first-order valence-electron chi connectivity index (χ1n) is 6.74. The number of para-hydroxylation sites is 1. The van der Waals surface area contributed by atoms with E-state index in [2.05, 4.69) is 38.2 Å². The van der Waals surface area contributed by atoms with Gasteiger partial charge in [-0.25, -0.2) is 0 Å². The molecule has 1 unspecified atom stereocenters. The van der Waals surface area contributed by atoms with Crippen molar-refractivity contribution >= 4 is 11.6 Å². The zero-order valence-corrected chi connectivity index (χ0v) is 13.0. The Morgan fingerprint density at radius 2 is 2.00 bits per heavy atom. The lowest BCUT2D eigenvalue weighted by atomic mass is 10.0. The van der Waals surface area contributed by atoms with Crippen LogP contribution in [0.1, 0.15) is 25.8 Å². The van der Waals surface area contributed by atoms with Crippen molar-refractivity contribution in [1.29, 1.82) is 0 Å². The average Bonchev–Trinajstić information content (AvgIpc) is 2.29. The fourth-order valence-electron chi connectivity index (χ4n) is 2.19. The number of nitrogens with zero attached hydrogens (tertiary/aromatic N) is 1. The third-order valence-corrected chi connectivity index (χ3v) is 3.30. The van der Waals surface area contributed by atoms with E-state index in [1.165, 1.54) is 0 Å². The molecule has 0 heterocycles. The molecule has 0 radical (unpaired) electrons. The quantitative estimate of drug-likeness (QED) is 0.808. The number of phenolic OH excluding ortho intramolecular Hbond substituents is 1. The van der Waals surface area contributed by atoms with E-state index in [1.807, 2.05) is 12.1 Å². The van der Waals surface area contributed by atoms with Crippen LogP contribution in [0.3, 0.4) is 0 Å². The summed E-state index contributed by atoms with van der Waals surface area (Å²) in [5, 5.41) is 13.8. The van der Waals surface area contributed by atoms with Crippen LogP contribution in [0.2, 0.25) is 5.02 Å². The number of rotatable bonds is 7. The van der Waals surface area contributed by atoms with Crippen LogP contribution in [0, 0.1) is 5.92 Å². The van der Waals surface area contributed by atoms with Gasteiger partial charge in [0, 0.05) is 24.7 Å². The summed E-state index contributed by atoms with van der Waals surface area (Å²) in [5.74, 6) is 0.829. The van der Waals surface area contributed by atoms with E-state index in [0.29, 0.717) is 23.5 Å². The second kappa shape index (κ2) is 7.73. The normalized spacial score (nSPS) is 13.2. The van der Waals surface area contributed by atoms with Crippen LogP contribution in [0.15, 0.2) is 18.2 Å². The summed E-state index contributed by atoms with van der Waals surface area (Å²) in [7, 11) is 4.15. The number of hydrogen-bond donors (Lipinski definition) is 2. The first-order valence-corrected chi connectivity index (χ1v) is 7.12. The van der Waals surface area contributed by atoms with Gasteiger partial charge in [0.1, 0.15) is 5.75 Å². The van der Waals surface area contributed by atoms with Crippen molar-refractivity contribution in [3.8, 4) is 5.75 Å². The summed E-state index contributed by atoms with van der Waals surface area (Å²) >= 11 is 5.91. The standard InChI is InChI=1S/C15H25ClN2O/c1-11(2)8-13(10-18(3)4)17-9-12-6-5-7-14(16)15(12)19/h5-7,11,13,17,19H,8-10H2,1-4H3. The van der Waals surface area contributed by atoms with Crippen molar-refractivity contribution in [2.45, 2.75) is 32.9 Å². The van der Waals surface area contributed by atoms with E-state index in [9.17, 15) is 5.11 Å². The molecule has 0 bridgehead atoms. The molecule has 0 saturated carbocycles. The SMILES string of the molecule is CC(C)CC(CN(C)C)NCc1cccc(Cl)c1O. The minimum absolute atomic E-state index is 0.185. The summed E-state index contributed by atoms with van der Waals surface area (Å²) in [6.45, 7) is 6.07. The van der Waals surface area contributed by atoms with E-state index < -0.39 is 0 Å². The van der Waals surface area contributed by atoms with E-state index in [4.69, 9.17) is 11.6 Å². The molecule has 2 N–H and O–H groups in total. The van der Waals surface area contributed by atoms with Crippen molar-refractivity contribution in [2.75, 3.05) is 20.6 Å². The number of benzene rings is 1. The predicted octanol–water partition coefficient (Wildman–Crippen LogP) is 3.11. The number of likely N-dealkylation sites (N-methyl/N-ethyl adjacent to an activating group) is 1. The average molecular weight is 285 g/mol. The molecule has 0 saturated heterocycles. The minimum atomic E-state index is 0.185. The molecule has 3 nitrogen and oxygen atoms in total. The molecule has 1 rings (SSSR count). The number of phenols is 1. The summed E-state index contributed by atoms with van der Waals surface area (Å²) < 4.78 is 0. The molecule has 1 atom stereocenters. The molecule has 0 aliphatic carbocycles. The zero-order valence-electron chi connectivity index (χ0n) is 12.3. The Labute approximate surface area is 121 Å². The summed E-state index contributed by atoms with van der Waals surface area (Å²) in [6.07, 6.45) is 1.11. The number of nitrogens with one attached hydrogen (secondary N) is 1. The molecule has 1 aromatic rings. The van der Waals surface area contributed by atoms with Crippen LogP contribution in [-0.2, 0) is 6.54 Å². The first-order chi connectivity index (χ1) is 8.90. The number of aromatic hydroxyl groups is 1. The second-order valence-electron chi connectivity index (χ2n) is 5.72. The monoisotopic (exact) mass is 284 g/mol. The van der Waals surface area contributed by atoms with Crippen molar-refractivity contribution in [3.05, 3.63) is 28.8 Å². The van der Waals surface area contributed by atoms with Crippen molar-refractivity contribution < 1.29 is 5.11 Å². The van der Waals surface area contributed by atoms with Crippen LogP contribution in [0.25, 0.3) is 0 Å². The van der Waals surface area contributed by atoms with Crippen molar-refractivity contribution in [1.82, 2.24) is 10.2 Å². The molecule has 19 heavy (non-hydrogen) atoms. The zero-order chi connectivity index (χ0) is 14.4. The lowest BCUT2D eigenvalue weighted by molar-refractivity contribution is 0.304. The molecular formula is C15H25ClN2O. The van der Waals surface area contributed by atoms with Crippen LogP contribution in [0.5, 0.6) is 5.75 Å². The van der Waals surface area contributed by atoms with Gasteiger partial charge in [-0.05, 0) is 32.5 Å². The van der Waals surface area contributed by atoms with Gasteiger partial charge < -0.3 is 15.3 Å². The van der Waals surface area contributed by atoms with Crippen LogP contribution < -0.4 is 5.32 Å². The molecule has 0 aliphatic rings. The van der Waals surface area contributed by atoms with Crippen LogP contribution in [0.4, 0.5) is 0 Å². The van der Waals surface area contributed by atoms with Crippen molar-refractivity contribution in [2.24, 2.45) is 5.92 Å². The third kappa shape index (κ3) is 5.81. The maximum Gasteiger partial charge on any atom is 0.138 e. The van der Waals surface area contributed by atoms with Gasteiger partial charge in [0.15, 0.2) is 0 Å². The molecule has 0 fully saturated rings. The number of hydrogen-bond acceptors (Lipinski definition) is 3. The fourth-order valence-corrected chi connectivity index (χ4v) is 2.38. The van der Waals surface area contributed by atoms with E-state index in [1.54, 1.807) is 6.07 Å². The van der Waals surface area contributed by atoms with Gasteiger partial charge in [0.25, 0.3) is 0 Å². The third-order valence-electron chi connectivity index (χ3n) is 2.99. The number of halogens is 1. The lowest BCUT2D eigenvalue weighted by Crippen LogP contribution is -2.38. The highest BCUT2D eigenvalue weighted by Crippen LogP contribution is 2.26. The molecule has 0 aromatic heterocycles. The van der Waals surface area contributed by atoms with Gasteiger partial charge in [0.2, 0.25) is 0 Å². The van der Waals surface area contributed by atoms with Crippen LogP contribution >= 0.6 is 11.6 Å². The highest BCUT2D eigenvalue weighted by Gasteiger charge is 2.13. The van der Waals surface area contributed by atoms with Crippen LogP contribution in [-0.4, -0.2) is 36.7 Å². The van der Waals surface area contributed by atoms with Gasteiger partial charge in [-0.2, -0.15) is 0 Å².